The summed E-state index contributed by atoms with van der Waals surface area (Å²) < 4.78 is 0. The van der Waals surface area contributed by atoms with Gasteiger partial charge in [0.15, 0.2) is 0 Å². The van der Waals surface area contributed by atoms with E-state index >= 15 is 0 Å². The summed E-state index contributed by atoms with van der Waals surface area (Å²) >= 11 is 0. The van der Waals surface area contributed by atoms with Crippen LogP contribution in [0.1, 0.15) is 16.1 Å². The Balaban J connectivity index is 1.46. The van der Waals surface area contributed by atoms with Gasteiger partial charge in [-0.15, -0.1) is 0 Å². The lowest BCUT2D eigenvalue weighted by Crippen LogP contribution is -2.13. The molecule has 0 aliphatic heterocycles. The van der Waals surface area contributed by atoms with Crippen LogP contribution < -0.4 is 5.32 Å². The number of rotatable bonds is 3. The number of aromatic nitrogens is 5. The number of aryl methyl sites for hydroxylation is 1. The molecule has 5 aromatic rings. The molecule has 4 heterocycles. The number of benzene rings is 1. The van der Waals surface area contributed by atoms with Gasteiger partial charge in [-0.3, -0.25) is 14.9 Å². The average molecular weight is 368 g/mol. The van der Waals surface area contributed by atoms with E-state index in [4.69, 9.17) is 0 Å². The van der Waals surface area contributed by atoms with Crippen molar-refractivity contribution >= 4 is 33.5 Å². The molecule has 0 aliphatic rings. The molecule has 0 fully saturated rings. The lowest BCUT2D eigenvalue weighted by Gasteiger charge is -2.05. The van der Waals surface area contributed by atoms with E-state index in [1.807, 2.05) is 43.3 Å². The number of hydrogen-bond donors (Lipinski definition) is 3. The fourth-order valence-electron chi connectivity index (χ4n) is 3.31. The van der Waals surface area contributed by atoms with E-state index in [-0.39, 0.29) is 5.91 Å². The van der Waals surface area contributed by atoms with E-state index in [9.17, 15) is 4.79 Å². The van der Waals surface area contributed by atoms with Crippen molar-refractivity contribution in [2.75, 3.05) is 5.32 Å². The van der Waals surface area contributed by atoms with Crippen molar-refractivity contribution in [3.8, 4) is 11.3 Å². The zero-order chi connectivity index (χ0) is 19.1. The van der Waals surface area contributed by atoms with Crippen LogP contribution in [-0.2, 0) is 0 Å². The highest BCUT2D eigenvalue weighted by Gasteiger charge is 2.13. The van der Waals surface area contributed by atoms with Crippen molar-refractivity contribution in [3.05, 3.63) is 72.3 Å². The maximum atomic E-state index is 12.7. The maximum absolute atomic E-state index is 12.7. The lowest BCUT2D eigenvalue weighted by atomic mass is 10.1. The minimum atomic E-state index is -0.226. The number of pyridine rings is 2. The molecule has 0 radical (unpaired) electrons. The third kappa shape index (κ3) is 2.79. The molecule has 136 valence electrons. The molecule has 0 bridgehead atoms. The normalized spacial score (nSPS) is 11.2. The lowest BCUT2D eigenvalue weighted by molar-refractivity contribution is 0.102. The van der Waals surface area contributed by atoms with Crippen LogP contribution in [-0.4, -0.2) is 31.1 Å². The number of nitrogens with zero attached hydrogens (tertiary/aromatic N) is 3. The number of aromatic amines is 2. The van der Waals surface area contributed by atoms with Gasteiger partial charge in [0.05, 0.1) is 22.8 Å². The van der Waals surface area contributed by atoms with E-state index < -0.39 is 0 Å². The SMILES string of the molecule is Cc1cc(-c2cc3cnc(NC(=O)c4cccc5[nH]ncc45)cc3[nH]2)ccn1. The van der Waals surface area contributed by atoms with Crippen LogP contribution >= 0.6 is 0 Å². The van der Waals surface area contributed by atoms with Crippen molar-refractivity contribution in [1.29, 1.82) is 0 Å². The minimum absolute atomic E-state index is 0.226. The number of carbonyl (C=O) groups excluding carboxylic acids is 1. The summed E-state index contributed by atoms with van der Waals surface area (Å²) in [6.07, 6.45) is 5.18. The molecule has 0 unspecified atom stereocenters. The molecular formula is C21H16N6O. The standard InChI is InChI=1S/C21H16N6O/c1-12-7-13(5-6-22-12)18-8-14-10-23-20(9-19(14)25-18)26-21(28)15-3-2-4-17-16(15)11-24-27-17/h2-11,25H,1H3,(H,24,27)(H,23,26,28). The van der Waals surface area contributed by atoms with Crippen LogP contribution in [0.2, 0.25) is 0 Å². The Morgan fingerprint density at radius 1 is 1.04 bits per heavy atom. The van der Waals surface area contributed by atoms with E-state index in [1.165, 1.54) is 0 Å². The van der Waals surface area contributed by atoms with Crippen molar-refractivity contribution in [1.82, 2.24) is 25.1 Å². The summed E-state index contributed by atoms with van der Waals surface area (Å²) in [5.41, 5.74) is 5.26. The Bertz CT molecular complexity index is 1330. The van der Waals surface area contributed by atoms with E-state index in [0.29, 0.717) is 11.4 Å². The second kappa shape index (κ2) is 6.31. The van der Waals surface area contributed by atoms with Gasteiger partial charge in [-0.1, -0.05) is 6.07 Å². The van der Waals surface area contributed by atoms with Crippen molar-refractivity contribution in [3.63, 3.8) is 0 Å². The van der Waals surface area contributed by atoms with Gasteiger partial charge in [0.1, 0.15) is 5.82 Å². The van der Waals surface area contributed by atoms with Crippen LogP contribution in [0.4, 0.5) is 5.82 Å². The highest BCUT2D eigenvalue weighted by atomic mass is 16.1. The molecule has 7 nitrogen and oxygen atoms in total. The van der Waals surface area contributed by atoms with Gasteiger partial charge >= 0.3 is 0 Å². The zero-order valence-electron chi connectivity index (χ0n) is 15.0. The average Bonchev–Trinajstić information content (AvgIpc) is 3.34. The van der Waals surface area contributed by atoms with Crippen molar-refractivity contribution in [2.24, 2.45) is 0 Å². The second-order valence-corrected chi connectivity index (χ2v) is 6.62. The predicted molar refractivity (Wildman–Crippen MR) is 108 cm³/mol. The van der Waals surface area contributed by atoms with Crippen LogP contribution in [0, 0.1) is 6.92 Å². The number of fused-ring (bicyclic) bond motifs is 2. The summed E-state index contributed by atoms with van der Waals surface area (Å²) in [5.74, 6) is 0.257. The predicted octanol–water partition coefficient (Wildman–Crippen LogP) is 4.06. The molecule has 1 amide bonds. The molecule has 3 N–H and O–H groups in total. The first-order chi connectivity index (χ1) is 13.7. The fraction of sp³-hybridized carbons (Fsp3) is 0.0476. The second-order valence-electron chi connectivity index (χ2n) is 6.62. The van der Waals surface area contributed by atoms with E-state index in [1.54, 1.807) is 24.7 Å². The van der Waals surface area contributed by atoms with Crippen molar-refractivity contribution < 1.29 is 4.79 Å². The van der Waals surface area contributed by atoms with Crippen molar-refractivity contribution in [2.45, 2.75) is 6.92 Å². The highest BCUT2D eigenvalue weighted by Crippen LogP contribution is 2.25. The zero-order valence-corrected chi connectivity index (χ0v) is 15.0. The number of amides is 1. The topological polar surface area (TPSA) is 99.4 Å². The Morgan fingerprint density at radius 2 is 1.96 bits per heavy atom. The van der Waals surface area contributed by atoms with E-state index in [2.05, 4.69) is 30.5 Å². The minimum Gasteiger partial charge on any atom is -0.354 e. The van der Waals surface area contributed by atoms with Gasteiger partial charge in [0.25, 0.3) is 5.91 Å². The number of nitrogens with one attached hydrogen (secondary N) is 3. The van der Waals surface area contributed by atoms with Gasteiger partial charge in [0, 0.05) is 46.2 Å². The van der Waals surface area contributed by atoms with Crippen LogP contribution in [0.25, 0.3) is 33.1 Å². The quantitative estimate of drug-likeness (QED) is 0.447. The summed E-state index contributed by atoms with van der Waals surface area (Å²) in [4.78, 5) is 24.7. The third-order valence-corrected chi connectivity index (χ3v) is 4.68. The molecule has 0 atom stereocenters. The summed E-state index contributed by atoms with van der Waals surface area (Å²) in [7, 11) is 0. The first-order valence-electron chi connectivity index (χ1n) is 8.82. The molecule has 7 heteroatoms. The maximum Gasteiger partial charge on any atom is 0.257 e. The first kappa shape index (κ1) is 16.2. The summed E-state index contributed by atoms with van der Waals surface area (Å²) in [5, 5.41) is 11.5. The number of carbonyl (C=O) groups is 1. The molecule has 0 spiro atoms. The number of anilines is 1. The molecule has 0 saturated carbocycles. The molecular weight excluding hydrogens is 352 g/mol. The van der Waals surface area contributed by atoms with Crippen LogP contribution in [0.15, 0.2) is 61.1 Å². The molecule has 28 heavy (non-hydrogen) atoms. The Morgan fingerprint density at radius 3 is 2.86 bits per heavy atom. The van der Waals surface area contributed by atoms with Crippen LogP contribution in [0.5, 0.6) is 0 Å². The molecule has 0 aliphatic carbocycles. The molecule has 4 aromatic heterocycles. The molecule has 0 saturated heterocycles. The molecule has 5 rings (SSSR count). The van der Waals surface area contributed by atoms with Gasteiger partial charge in [0.2, 0.25) is 0 Å². The Kier molecular flexibility index (Phi) is 3.65. The Labute approximate surface area is 159 Å². The smallest absolute Gasteiger partial charge is 0.257 e. The number of H-pyrrole nitrogens is 2. The number of hydrogen-bond acceptors (Lipinski definition) is 4. The Hall–Kier alpha value is -4.00. The summed E-state index contributed by atoms with van der Waals surface area (Å²) in [6, 6.07) is 13.3. The first-order valence-corrected chi connectivity index (χ1v) is 8.82. The fourth-order valence-corrected chi connectivity index (χ4v) is 3.31. The van der Waals surface area contributed by atoms with E-state index in [0.717, 1.165) is 38.8 Å². The molecule has 1 aromatic carbocycles. The summed E-state index contributed by atoms with van der Waals surface area (Å²) in [6.45, 7) is 1.96. The van der Waals surface area contributed by atoms with Gasteiger partial charge in [-0.2, -0.15) is 5.10 Å². The van der Waals surface area contributed by atoms with Crippen LogP contribution in [0.3, 0.4) is 0 Å². The highest BCUT2D eigenvalue weighted by molar-refractivity contribution is 6.12. The van der Waals surface area contributed by atoms with Gasteiger partial charge in [-0.25, -0.2) is 4.98 Å². The third-order valence-electron chi connectivity index (χ3n) is 4.68. The largest absolute Gasteiger partial charge is 0.354 e. The van der Waals surface area contributed by atoms with Gasteiger partial charge in [-0.05, 0) is 37.3 Å². The van der Waals surface area contributed by atoms with Gasteiger partial charge < -0.3 is 10.3 Å². The monoisotopic (exact) mass is 368 g/mol.